The first-order valence-electron chi connectivity index (χ1n) is 8.14. The Morgan fingerprint density at radius 2 is 1.68 bits per heavy atom. The highest BCUT2D eigenvalue weighted by atomic mass is 79.9. The van der Waals surface area contributed by atoms with Crippen molar-refractivity contribution < 1.29 is 0 Å². The molecular weight excluding hydrogens is 396 g/mol. The molecule has 0 saturated heterocycles. The van der Waals surface area contributed by atoms with E-state index < -0.39 is 0 Å². The first kappa shape index (κ1) is 16.4. The minimum absolute atomic E-state index is 0.165. The highest BCUT2D eigenvalue weighted by Gasteiger charge is 2.29. The molecule has 0 aliphatic carbocycles. The topological polar surface area (TPSA) is 15.6 Å². The Morgan fingerprint density at radius 1 is 0.920 bits per heavy atom. The van der Waals surface area contributed by atoms with Gasteiger partial charge in [0, 0.05) is 15.9 Å². The third-order valence-corrected chi connectivity index (χ3v) is 5.11. The van der Waals surface area contributed by atoms with Gasteiger partial charge in [-0.3, -0.25) is 5.01 Å². The maximum atomic E-state index is 6.21. The number of anilines is 1. The van der Waals surface area contributed by atoms with Crippen molar-refractivity contribution >= 4 is 38.9 Å². The Bertz CT molecular complexity index is 907. The van der Waals surface area contributed by atoms with Crippen LogP contribution < -0.4 is 5.01 Å². The molecule has 3 aromatic carbocycles. The molecular formula is C21H16BrClN2. The van der Waals surface area contributed by atoms with E-state index in [2.05, 4.69) is 75.5 Å². The fourth-order valence-corrected chi connectivity index (χ4v) is 3.57. The number of nitrogens with zero attached hydrogens (tertiary/aromatic N) is 2. The molecule has 1 aliphatic rings. The minimum Gasteiger partial charge on any atom is -0.257 e. The van der Waals surface area contributed by atoms with Crippen LogP contribution in [0.2, 0.25) is 5.02 Å². The average molecular weight is 412 g/mol. The van der Waals surface area contributed by atoms with Crippen molar-refractivity contribution in [3.63, 3.8) is 0 Å². The Labute approximate surface area is 160 Å². The van der Waals surface area contributed by atoms with Gasteiger partial charge in [-0.05, 0) is 41.5 Å². The van der Waals surface area contributed by atoms with Gasteiger partial charge in [-0.2, -0.15) is 5.10 Å². The molecule has 25 heavy (non-hydrogen) atoms. The summed E-state index contributed by atoms with van der Waals surface area (Å²) in [5, 5.41) is 7.73. The standard InChI is InChI=1S/C21H16BrClN2/c22-17-11-9-15(10-12-17)20-14-21(16-5-2-1-3-6-16)25(24-20)19-8-4-7-18(23)13-19/h1-13,21H,14H2/t21-/m1/s1. The molecule has 0 amide bonds. The van der Waals surface area contributed by atoms with Crippen molar-refractivity contribution in [2.45, 2.75) is 12.5 Å². The molecule has 0 bridgehead atoms. The second kappa shape index (κ2) is 7.03. The molecule has 0 aromatic heterocycles. The molecule has 0 radical (unpaired) electrons. The number of halogens is 2. The van der Waals surface area contributed by atoms with Crippen LogP contribution in [0.5, 0.6) is 0 Å². The van der Waals surface area contributed by atoms with Crippen LogP contribution >= 0.6 is 27.5 Å². The van der Waals surface area contributed by atoms with Crippen molar-refractivity contribution in [2.75, 3.05) is 5.01 Å². The minimum atomic E-state index is 0.165. The van der Waals surface area contributed by atoms with Gasteiger partial charge in [0.05, 0.1) is 17.4 Å². The summed E-state index contributed by atoms with van der Waals surface area (Å²) in [4.78, 5) is 0. The molecule has 0 saturated carbocycles. The second-order valence-corrected chi connectivity index (χ2v) is 7.36. The lowest BCUT2D eigenvalue weighted by molar-refractivity contribution is 0.709. The normalized spacial score (nSPS) is 16.8. The summed E-state index contributed by atoms with van der Waals surface area (Å²) >= 11 is 9.70. The molecule has 3 aromatic rings. The van der Waals surface area contributed by atoms with Gasteiger partial charge >= 0.3 is 0 Å². The van der Waals surface area contributed by atoms with Gasteiger partial charge in [-0.1, -0.05) is 76.1 Å². The third kappa shape index (κ3) is 3.48. The lowest BCUT2D eigenvalue weighted by Crippen LogP contribution is -2.18. The maximum absolute atomic E-state index is 6.21. The molecule has 4 heteroatoms. The Hall–Kier alpha value is -2.10. The predicted octanol–water partition coefficient (Wildman–Crippen LogP) is 6.46. The van der Waals surface area contributed by atoms with E-state index in [1.165, 1.54) is 5.56 Å². The molecule has 0 N–H and O–H groups in total. The van der Waals surface area contributed by atoms with E-state index >= 15 is 0 Å². The van der Waals surface area contributed by atoms with E-state index in [-0.39, 0.29) is 6.04 Å². The zero-order chi connectivity index (χ0) is 17.2. The Balaban J connectivity index is 1.76. The van der Waals surface area contributed by atoms with Gasteiger partial charge in [0.15, 0.2) is 0 Å². The van der Waals surface area contributed by atoms with Crippen LogP contribution in [0.15, 0.2) is 88.4 Å². The summed E-state index contributed by atoms with van der Waals surface area (Å²) in [5.41, 5.74) is 4.49. The van der Waals surface area contributed by atoms with E-state index in [1.807, 2.05) is 24.3 Å². The van der Waals surface area contributed by atoms with E-state index in [0.717, 1.165) is 32.9 Å². The second-order valence-electron chi connectivity index (χ2n) is 6.01. The number of hydrogen-bond acceptors (Lipinski definition) is 2. The lowest BCUT2D eigenvalue weighted by atomic mass is 9.98. The molecule has 0 unspecified atom stereocenters. The first-order chi connectivity index (χ1) is 12.2. The van der Waals surface area contributed by atoms with Crippen LogP contribution in [-0.2, 0) is 0 Å². The number of rotatable bonds is 3. The highest BCUT2D eigenvalue weighted by molar-refractivity contribution is 9.10. The van der Waals surface area contributed by atoms with Gasteiger partial charge in [0.2, 0.25) is 0 Å². The summed E-state index contributed by atoms with van der Waals surface area (Å²) in [7, 11) is 0. The molecule has 1 atom stereocenters. The highest BCUT2D eigenvalue weighted by Crippen LogP contribution is 2.37. The maximum Gasteiger partial charge on any atom is 0.0831 e. The summed E-state index contributed by atoms with van der Waals surface area (Å²) in [5.74, 6) is 0. The zero-order valence-electron chi connectivity index (χ0n) is 13.4. The van der Waals surface area contributed by atoms with Crippen molar-refractivity contribution in [2.24, 2.45) is 5.10 Å². The van der Waals surface area contributed by atoms with Crippen molar-refractivity contribution in [1.29, 1.82) is 0 Å². The average Bonchev–Trinajstić information content (AvgIpc) is 3.08. The monoisotopic (exact) mass is 410 g/mol. The molecule has 2 nitrogen and oxygen atoms in total. The van der Waals surface area contributed by atoms with E-state index in [1.54, 1.807) is 0 Å². The van der Waals surface area contributed by atoms with Crippen LogP contribution in [-0.4, -0.2) is 5.71 Å². The SMILES string of the molecule is Clc1cccc(N2N=C(c3ccc(Br)cc3)C[C@@H]2c2ccccc2)c1. The molecule has 124 valence electrons. The van der Waals surface area contributed by atoms with Gasteiger partial charge < -0.3 is 0 Å². The van der Waals surface area contributed by atoms with Crippen LogP contribution in [0.3, 0.4) is 0 Å². The number of benzene rings is 3. The zero-order valence-corrected chi connectivity index (χ0v) is 15.8. The molecule has 1 heterocycles. The van der Waals surface area contributed by atoms with Crippen molar-refractivity contribution in [3.05, 3.63) is 99.5 Å². The molecule has 4 rings (SSSR count). The van der Waals surface area contributed by atoms with Gasteiger partial charge in [0.1, 0.15) is 0 Å². The summed E-state index contributed by atoms with van der Waals surface area (Å²) in [6.07, 6.45) is 0.859. The number of hydrazone groups is 1. The van der Waals surface area contributed by atoms with Gasteiger partial charge in [0.25, 0.3) is 0 Å². The first-order valence-corrected chi connectivity index (χ1v) is 9.31. The fraction of sp³-hybridized carbons (Fsp3) is 0.0952. The summed E-state index contributed by atoms with van der Waals surface area (Å²) in [6, 6.07) is 26.8. The Morgan fingerprint density at radius 3 is 2.40 bits per heavy atom. The Kier molecular flexibility index (Phi) is 4.60. The van der Waals surface area contributed by atoms with Gasteiger partial charge in [-0.15, -0.1) is 0 Å². The smallest absolute Gasteiger partial charge is 0.0831 e. The van der Waals surface area contributed by atoms with Crippen molar-refractivity contribution in [1.82, 2.24) is 0 Å². The fourth-order valence-electron chi connectivity index (χ4n) is 3.12. The van der Waals surface area contributed by atoms with E-state index in [4.69, 9.17) is 16.7 Å². The molecule has 1 aliphatic heterocycles. The lowest BCUT2D eigenvalue weighted by Gasteiger charge is -2.24. The van der Waals surface area contributed by atoms with E-state index in [0.29, 0.717) is 0 Å². The summed E-state index contributed by atoms with van der Waals surface area (Å²) in [6.45, 7) is 0. The van der Waals surface area contributed by atoms with Crippen LogP contribution in [0.4, 0.5) is 5.69 Å². The van der Waals surface area contributed by atoms with Crippen LogP contribution in [0, 0.1) is 0 Å². The van der Waals surface area contributed by atoms with E-state index in [9.17, 15) is 0 Å². The molecule has 0 spiro atoms. The van der Waals surface area contributed by atoms with Crippen molar-refractivity contribution in [3.8, 4) is 0 Å². The third-order valence-electron chi connectivity index (χ3n) is 4.34. The molecule has 0 fully saturated rings. The van der Waals surface area contributed by atoms with Crippen LogP contribution in [0.25, 0.3) is 0 Å². The summed E-state index contributed by atoms with van der Waals surface area (Å²) < 4.78 is 1.07. The largest absolute Gasteiger partial charge is 0.257 e. The quantitative estimate of drug-likeness (QED) is 0.483. The van der Waals surface area contributed by atoms with Crippen LogP contribution in [0.1, 0.15) is 23.6 Å². The van der Waals surface area contributed by atoms with Gasteiger partial charge in [-0.25, -0.2) is 0 Å². The number of hydrogen-bond donors (Lipinski definition) is 0. The predicted molar refractivity (Wildman–Crippen MR) is 108 cm³/mol.